The van der Waals surface area contributed by atoms with Crippen LogP contribution in [0.15, 0.2) is 18.2 Å². The molecule has 0 saturated carbocycles. The minimum Gasteiger partial charge on any atom is -0.444 e. The lowest BCUT2D eigenvalue weighted by Gasteiger charge is -2.34. The van der Waals surface area contributed by atoms with Gasteiger partial charge in [0.05, 0.1) is 5.69 Å². The second-order valence-corrected chi connectivity index (χ2v) is 7.38. The van der Waals surface area contributed by atoms with Crippen molar-refractivity contribution in [2.75, 3.05) is 25.0 Å². The third kappa shape index (κ3) is 5.57. The van der Waals surface area contributed by atoms with E-state index in [4.69, 9.17) is 16.3 Å². The number of ether oxygens (including phenoxy) is 1. The Morgan fingerprint density at radius 3 is 2.91 bits per heavy atom. The van der Waals surface area contributed by atoms with Gasteiger partial charge in [-0.05, 0) is 57.7 Å². The van der Waals surface area contributed by atoms with Crippen molar-refractivity contribution in [1.82, 2.24) is 4.90 Å². The van der Waals surface area contributed by atoms with E-state index in [0.717, 1.165) is 12.8 Å². The Bertz CT molecular complexity index is 560. The highest BCUT2D eigenvalue weighted by molar-refractivity contribution is 6.30. The van der Waals surface area contributed by atoms with Crippen LogP contribution in [0, 0.1) is 11.7 Å². The van der Waals surface area contributed by atoms with E-state index in [1.54, 1.807) is 11.0 Å². The number of hydrogen-bond donors (Lipinski definition) is 1. The second kappa shape index (κ2) is 7.39. The molecule has 23 heavy (non-hydrogen) atoms. The van der Waals surface area contributed by atoms with Gasteiger partial charge in [-0.3, -0.25) is 0 Å². The number of nitrogens with zero attached hydrogens (tertiary/aromatic N) is 1. The van der Waals surface area contributed by atoms with Gasteiger partial charge in [0.25, 0.3) is 0 Å². The van der Waals surface area contributed by atoms with Crippen molar-refractivity contribution in [2.24, 2.45) is 5.92 Å². The van der Waals surface area contributed by atoms with E-state index in [1.165, 1.54) is 12.1 Å². The summed E-state index contributed by atoms with van der Waals surface area (Å²) in [5.74, 6) is -0.0659. The maximum Gasteiger partial charge on any atom is 0.410 e. The molecule has 1 aliphatic rings. The molecule has 6 heteroatoms. The normalized spacial score (nSPS) is 18.7. The van der Waals surface area contributed by atoms with Gasteiger partial charge in [0, 0.05) is 24.7 Å². The first-order valence-electron chi connectivity index (χ1n) is 7.91. The number of anilines is 1. The average molecular weight is 343 g/mol. The number of amides is 1. The van der Waals surface area contributed by atoms with Crippen LogP contribution in [0.1, 0.15) is 33.6 Å². The Morgan fingerprint density at radius 2 is 2.22 bits per heavy atom. The van der Waals surface area contributed by atoms with E-state index in [0.29, 0.717) is 30.3 Å². The summed E-state index contributed by atoms with van der Waals surface area (Å²) in [5, 5.41) is 3.59. The molecule has 1 unspecified atom stereocenters. The molecule has 0 aliphatic carbocycles. The fourth-order valence-corrected chi connectivity index (χ4v) is 2.78. The molecule has 1 N–H and O–H groups in total. The molecule has 4 nitrogen and oxygen atoms in total. The summed E-state index contributed by atoms with van der Waals surface area (Å²) in [6.45, 7) is 7.49. The lowest BCUT2D eigenvalue weighted by molar-refractivity contribution is 0.0172. The summed E-state index contributed by atoms with van der Waals surface area (Å²) in [7, 11) is 0. The van der Waals surface area contributed by atoms with Gasteiger partial charge < -0.3 is 15.0 Å². The summed E-state index contributed by atoms with van der Waals surface area (Å²) in [6.07, 6.45) is 1.63. The van der Waals surface area contributed by atoms with E-state index in [-0.39, 0.29) is 17.8 Å². The van der Waals surface area contributed by atoms with E-state index < -0.39 is 5.60 Å². The van der Waals surface area contributed by atoms with Gasteiger partial charge >= 0.3 is 6.09 Å². The van der Waals surface area contributed by atoms with Crippen molar-refractivity contribution in [2.45, 2.75) is 39.2 Å². The van der Waals surface area contributed by atoms with Gasteiger partial charge in [0.2, 0.25) is 0 Å². The summed E-state index contributed by atoms with van der Waals surface area (Å²) in [4.78, 5) is 13.9. The third-order valence-electron chi connectivity index (χ3n) is 3.68. The molecule has 0 radical (unpaired) electrons. The first-order valence-corrected chi connectivity index (χ1v) is 8.29. The Balaban J connectivity index is 1.89. The number of carbonyl (C=O) groups excluding carboxylic acids is 1. The standard InChI is InChI=1S/C17H24ClFN2O2/c1-17(2,3)23-16(22)21-8-4-5-12(11-21)10-20-15-9-13(18)6-7-14(15)19/h6-7,9,12,20H,4-5,8,10-11H2,1-3H3. The predicted molar refractivity (Wildman–Crippen MR) is 90.4 cm³/mol. The summed E-state index contributed by atoms with van der Waals surface area (Å²) in [6, 6.07) is 4.44. The molecule has 1 saturated heterocycles. The zero-order valence-electron chi connectivity index (χ0n) is 13.9. The lowest BCUT2D eigenvalue weighted by atomic mass is 9.98. The van der Waals surface area contributed by atoms with E-state index in [1.807, 2.05) is 20.8 Å². The highest BCUT2D eigenvalue weighted by Crippen LogP contribution is 2.23. The van der Waals surface area contributed by atoms with Crippen molar-refractivity contribution in [3.05, 3.63) is 29.0 Å². The molecule has 0 spiro atoms. The van der Waals surface area contributed by atoms with Gasteiger partial charge in [-0.15, -0.1) is 0 Å². The SMILES string of the molecule is CC(C)(C)OC(=O)N1CCCC(CNc2cc(Cl)ccc2F)C1. The summed E-state index contributed by atoms with van der Waals surface area (Å²) in [5.41, 5.74) is -0.0986. The number of likely N-dealkylation sites (tertiary alicyclic amines) is 1. The molecule has 1 aliphatic heterocycles. The molecule has 1 aromatic carbocycles. The van der Waals surface area contributed by atoms with E-state index in [2.05, 4.69) is 5.32 Å². The van der Waals surface area contributed by atoms with Crippen LogP contribution in [0.3, 0.4) is 0 Å². The second-order valence-electron chi connectivity index (χ2n) is 6.94. The summed E-state index contributed by atoms with van der Waals surface area (Å²) >= 11 is 5.89. The predicted octanol–water partition coefficient (Wildman–Crippen LogP) is 4.54. The monoisotopic (exact) mass is 342 g/mol. The van der Waals surface area contributed by atoms with Gasteiger partial charge in [-0.2, -0.15) is 0 Å². The number of nitrogens with one attached hydrogen (secondary N) is 1. The fraction of sp³-hybridized carbons (Fsp3) is 0.588. The zero-order chi connectivity index (χ0) is 17.0. The minimum atomic E-state index is -0.494. The number of benzene rings is 1. The third-order valence-corrected chi connectivity index (χ3v) is 3.92. The number of carbonyl (C=O) groups is 1. The lowest BCUT2D eigenvalue weighted by Crippen LogP contribution is -2.44. The molecule has 2 rings (SSSR count). The molecule has 0 bridgehead atoms. The van der Waals surface area contributed by atoms with Crippen molar-refractivity contribution in [3.8, 4) is 0 Å². The van der Waals surface area contributed by atoms with Crippen molar-refractivity contribution in [3.63, 3.8) is 0 Å². The van der Waals surface area contributed by atoms with Crippen LogP contribution in [-0.4, -0.2) is 36.2 Å². The maximum absolute atomic E-state index is 13.7. The molecule has 1 aromatic rings. The molecule has 1 fully saturated rings. The van der Waals surface area contributed by atoms with Crippen molar-refractivity contribution >= 4 is 23.4 Å². The topological polar surface area (TPSA) is 41.6 Å². The molecule has 1 heterocycles. The molecule has 128 valence electrons. The van der Waals surface area contributed by atoms with Crippen LogP contribution < -0.4 is 5.32 Å². The fourth-order valence-electron chi connectivity index (χ4n) is 2.61. The molecule has 0 aromatic heterocycles. The number of piperidine rings is 1. The highest BCUT2D eigenvalue weighted by Gasteiger charge is 2.27. The molecular weight excluding hydrogens is 319 g/mol. The van der Waals surface area contributed by atoms with Crippen molar-refractivity contribution in [1.29, 1.82) is 0 Å². The van der Waals surface area contributed by atoms with Gasteiger partial charge in [-0.1, -0.05) is 11.6 Å². The van der Waals surface area contributed by atoms with Gasteiger partial charge in [0.15, 0.2) is 0 Å². The number of halogens is 2. The average Bonchev–Trinajstić information content (AvgIpc) is 2.47. The Morgan fingerprint density at radius 1 is 1.48 bits per heavy atom. The van der Waals surface area contributed by atoms with Gasteiger partial charge in [0.1, 0.15) is 11.4 Å². The maximum atomic E-state index is 13.7. The Labute approximate surface area is 141 Å². The van der Waals surface area contributed by atoms with E-state index >= 15 is 0 Å². The van der Waals surface area contributed by atoms with Crippen LogP contribution in [0.25, 0.3) is 0 Å². The number of hydrogen-bond acceptors (Lipinski definition) is 3. The van der Waals surface area contributed by atoms with Crippen LogP contribution in [0.4, 0.5) is 14.9 Å². The first-order chi connectivity index (χ1) is 10.7. The molecular formula is C17H24ClFN2O2. The first kappa shape index (κ1) is 17.9. The quantitative estimate of drug-likeness (QED) is 0.876. The smallest absolute Gasteiger partial charge is 0.410 e. The van der Waals surface area contributed by atoms with Crippen LogP contribution in [0.5, 0.6) is 0 Å². The minimum absolute atomic E-state index is 0.259. The highest BCUT2D eigenvalue weighted by atomic mass is 35.5. The largest absolute Gasteiger partial charge is 0.444 e. The Kier molecular flexibility index (Phi) is 5.74. The van der Waals surface area contributed by atoms with Crippen LogP contribution in [-0.2, 0) is 4.74 Å². The van der Waals surface area contributed by atoms with Crippen molar-refractivity contribution < 1.29 is 13.9 Å². The number of rotatable bonds is 3. The Hall–Kier alpha value is -1.49. The van der Waals surface area contributed by atoms with Gasteiger partial charge in [-0.25, -0.2) is 9.18 Å². The van der Waals surface area contributed by atoms with Crippen LogP contribution >= 0.6 is 11.6 Å². The molecule has 1 atom stereocenters. The molecule has 1 amide bonds. The van der Waals surface area contributed by atoms with E-state index in [9.17, 15) is 9.18 Å². The zero-order valence-corrected chi connectivity index (χ0v) is 14.6. The summed E-state index contributed by atoms with van der Waals surface area (Å²) < 4.78 is 19.1. The van der Waals surface area contributed by atoms with Crippen LogP contribution in [0.2, 0.25) is 5.02 Å².